The van der Waals surface area contributed by atoms with Crippen molar-refractivity contribution in [2.24, 2.45) is 5.92 Å². The standard InChI is InChI=1S/C21H18N4O4S/c1-13(2)12-29-17-8-6-15(7-9-17)19-22-21-24(23-19)20(26)18(30-21)11-14-4-3-5-16(10-14)25(27)28/h3-11,13H,12H2,1-2H3. The molecular weight excluding hydrogens is 404 g/mol. The molecular formula is C21H18N4O4S. The van der Waals surface area contributed by atoms with E-state index in [4.69, 9.17) is 4.74 Å². The minimum Gasteiger partial charge on any atom is -0.493 e. The lowest BCUT2D eigenvalue weighted by Crippen LogP contribution is -2.23. The topological polar surface area (TPSA) is 99.6 Å². The average molecular weight is 422 g/mol. The molecule has 0 unspecified atom stereocenters. The van der Waals surface area contributed by atoms with Gasteiger partial charge in [-0.1, -0.05) is 37.3 Å². The van der Waals surface area contributed by atoms with E-state index in [0.717, 1.165) is 11.3 Å². The number of ether oxygens (including phenoxy) is 1. The predicted octanol–water partition coefficient (Wildman–Crippen LogP) is 3.31. The minimum atomic E-state index is -0.469. The monoisotopic (exact) mass is 422 g/mol. The van der Waals surface area contributed by atoms with E-state index in [9.17, 15) is 14.9 Å². The van der Waals surface area contributed by atoms with Gasteiger partial charge in [-0.15, -0.1) is 5.10 Å². The number of nitro benzene ring substituents is 1. The fourth-order valence-corrected chi connectivity index (χ4v) is 3.71. The molecule has 4 aromatic rings. The molecule has 0 atom stereocenters. The number of nitro groups is 1. The molecule has 2 aromatic heterocycles. The van der Waals surface area contributed by atoms with Crippen molar-refractivity contribution >= 4 is 28.1 Å². The van der Waals surface area contributed by atoms with Gasteiger partial charge >= 0.3 is 0 Å². The average Bonchev–Trinajstić information content (AvgIpc) is 3.27. The number of thiazole rings is 1. The van der Waals surface area contributed by atoms with Crippen molar-refractivity contribution in [2.75, 3.05) is 6.61 Å². The molecule has 0 fully saturated rings. The van der Waals surface area contributed by atoms with Crippen LogP contribution < -0.4 is 14.8 Å². The van der Waals surface area contributed by atoms with Crippen molar-refractivity contribution in [1.82, 2.24) is 14.6 Å². The Labute approximate surface area is 175 Å². The van der Waals surface area contributed by atoms with Crippen LogP contribution in [0.4, 0.5) is 5.69 Å². The first-order valence-electron chi connectivity index (χ1n) is 9.29. The summed E-state index contributed by atoms with van der Waals surface area (Å²) >= 11 is 1.19. The van der Waals surface area contributed by atoms with Crippen LogP contribution in [0.2, 0.25) is 0 Å². The van der Waals surface area contributed by atoms with Gasteiger partial charge in [0.05, 0.1) is 16.1 Å². The summed E-state index contributed by atoms with van der Waals surface area (Å²) in [4.78, 5) is 28.1. The fraction of sp³-hybridized carbons (Fsp3) is 0.190. The second-order valence-electron chi connectivity index (χ2n) is 7.13. The van der Waals surface area contributed by atoms with Gasteiger partial charge in [0.25, 0.3) is 11.2 Å². The molecule has 0 aliphatic carbocycles. The van der Waals surface area contributed by atoms with Gasteiger partial charge in [0.2, 0.25) is 4.96 Å². The van der Waals surface area contributed by atoms with Gasteiger partial charge in [-0.05, 0) is 41.8 Å². The van der Waals surface area contributed by atoms with Gasteiger partial charge < -0.3 is 4.74 Å². The summed E-state index contributed by atoms with van der Waals surface area (Å²) < 4.78 is 7.34. The summed E-state index contributed by atoms with van der Waals surface area (Å²) in [5.74, 6) is 1.66. The van der Waals surface area contributed by atoms with Crippen molar-refractivity contribution < 1.29 is 9.66 Å². The predicted molar refractivity (Wildman–Crippen MR) is 115 cm³/mol. The molecule has 2 aromatic carbocycles. The molecule has 0 amide bonds. The highest BCUT2D eigenvalue weighted by atomic mass is 32.1. The minimum absolute atomic E-state index is 0.0289. The largest absolute Gasteiger partial charge is 0.493 e. The number of aromatic nitrogens is 3. The molecule has 2 heterocycles. The second kappa shape index (κ2) is 8.03. The smallest absolute Gasteiger partial charge is 0.291 e. The summed E-state index contributed by atoms with van der Waals surface area (Å²) in [6, 6.07) is 13.5. The van der Waals surface area contributed by atoms with Crippen molar-refractivity contribution in [3.8, 4) is 17.1 Å². The Kier molecular flexibility index (Phi) is 5.28. The highest BCUT2D eigenvalue weighted by Gasteiger charge is 2.13. The zero-order valence-electron chi connectivity index (χ0n) is 16.3. The lowest BCUT2D eigenvalue weighted by atomic mass is 10.2. The maximum atomic E-state index is 12.7. The highest BCUT2D eigenvalue weighted by molar-refractivity contribution is 7.15. The first kappa shape index (κ1) is 19.7. The molecule has 0 saturated carbocycles. The molecule has 0 N–H and O–H groups in total. The number of non-ortho nitro benzene ring substituents is 1. The third kappa shape index (κ3) is 4.06. The number of nitrogens with zero attached hydrogens (tertiary/aromatic N) is 4. The van der Waals surface area contributed by atoms with Crippen molar-refractivity contribution in [2.45, 2.75) is 13.8 Å². The first-order valence-corrected chi connectivity index (χ1v) is 10.1. The summed E-state index contributed by atoms with van der Waals surface area (Å²) in [6.07, 6.45) is 1.61. The van der Waals surface area contributed by atoms with Gasteiger partial charge in [0.1, 0.15) is 5.75 Å². The van der Waals surface area contributed by atoms with E-state index < -0.39 is 4.92 Å². The van der Waals surface area contributed by atoms with Gasteiger partial charge in [-0.25, -0.2) is 0 Å². The summed E-state index contributed by atoms with van der Waals surface area (Å²) in [6.45, 7) is 4.81. The number of fused-ring (bicyclic) bond motifs is 1. The molecule has 0 radical (unpaired) electrons. The van der Waals surface area contributed by atoms with E-state index in [1.165, 1.54) is 28.0 Å². The van der Waals surface area contributed by atoms with E-state index >= 15 is 0 Å². The fourth-order valence-electron chi connectivity index (χ4n) is 2.80. The molecule has 4 rings (SSSR count). The molecule has 8 nitrogen and oxygen atoms in total. The normalized spacial score (nSPS) is 12.0. The second-order valence-corrected chi connectivity index (χ2v) is 8.14. The maximum Gasteiger partial charge on any atom is 0.291 e. The van der Waals surface area contributed by atoms with E-state index in [0.29, 0.717) is 33.4 Å². The van der Waals surface area contributed by atoms with Gasteiger partial charge in [-0.3, -0.25) is 14.9 Å². The van der Waals surface area contributed by atoms with E-state index in [-0.39, 0.29) is 11.2 Å². The number of hydrogen-bond acceptors (Lipinski definition) is 7. The summed E-state index contributed by atoms with van der Waals surface area (Å²) in [5.41, 5.74) is 1.02. The molecule has 0 aliphatic heterocycles. The Morgan fingerprint density at radius 3 is 2.67 bits per heavy atom. The molecule has 0 bridgehead atoms. The molecule has 0 saturated heterocycles. The van der Waals surface area contributed by atoms with Crippen LogP contribution in [0.3, 0.4) is 0 Å². The maximum absolute atomic E-state index is 12.7. The van der Waals surface area contributed by atoms with Crippen LogP contribution in [0, 0.1) is 16.0 Å². The van der Waals surface area contributed by atoms with Crippen LogP contribution in [0.5, 0.6) is 5.75 Å². The van der Waals surface area contributed by atoms with E-state index in [2.05, 4.69) is 23.9 Å². The van der Waals surface area contributed by atoms with Gasteiger partial charge in [0, 0.05) is 17.7 Å². The lowest BCUT2D eigenvalue weighted by Gasteiger charge is -2.08. The van der Waals surface area contributed by atoms with Crippen LogP contribution in [0.1, 0.15) is 19.4 Å². The van der Waals surface area contributed by atoms with Crippen LogP contribution in [0.25, 0.3) is 22.4 Å². The van der Waals surface area contributed by atoms with Crippen LogP contribution >= 0.6 is 11.3 Å². The quantitative estimate of drug-likeness (QED) is 0.349. The molecule has 9 heteroatoms. The zero-order chi connectivity index (χ0) is 21.3. The van der Waals surface area contributed by atoms with Crippen molar-refractivity contribution in [3.63, 3.8) is 0 Å². The Morgan fingerprint density at radius 1 is 1.23 bits per heavy atom. The first-order chi connectivity index (χ1) is 14.4. The zero-order valence-corrected chi connectivity index (χ0v) is 17.1. The third-order valence-electron chi connectivity index (χ3n) is 4.26. The third-order valence-corrected chi connectivity index (χ3v) is 5.22. The van der Waals surface area contributed by atoms with Crippen LogP contribution in [0.15, 0.2) is 53.3 Å². The Balaban J connectivity index is 1.63. The van der Waals surface area contributed by atoms with Crippen molar-refractivity contribution in [1.29, 1.82) is 0 Å². The molecule has 0 aliphatic rings. The Bertz CT molecular complexity index is 1330. The molecule has 152 valence electrons. The molecule has 0 spiro atoms. The van der Waals surface area contributed by atoms with Crippen LogP contribution in [-0.4, -0.2) is 26.1 Å². The summed E-state index contributed by atoms with van der Waals surface area (Å²) in [7, 11) is 0. The van der Waals surface area contributed by atoms with Crippen LogP contribution in [-0.2, 0) is 0 Å². The van der Waals surface area contributed by atoms with Gasteiger partial charge in [0.15, 0.2) is 5.82 Å². The Hall–Kier alpha value is -3.59. The van der Waals surface area contributed by atoms with E-state index in [1.807, 2.05) is 24.3 Å². The molecule has 30 heavy (non-hydrogen) atoms. The SMILES string of the molecule is CC(C)COc1ccc(-c2nc3sc(=Cc4cccc([N+](=O)[O-])c4)c(=O)n3n2)cc1. The highest BCUT2D eigenvalue weighted by Crippen LogP contribution is 2.21. The summed E-state index contributed by atoms with van der Waals surface area (Å²) in [5, 5.41) is 15.3. The number of rotatable bonds is 6. The Morgan fingerprint density at radius 2 is 2.00 bits per heavy atom. The van der Waals surface area contributed by atoms with Crippen molar-refractivity contribution in [3.05, 3.63) is 79.1 Å². The number of benzene rings is 2. The van der Waals surface area contributed by atoms with Gasteiger partial charge in [-0.2, -0.15) is 9.50 Å². The number of hydrogen-bond donors (Lipinski definition) is 0. The lowest BCUT2D eigenvalue weighted by molar-refractivity contribution is -0.384. The van der Waals surface area contributed by atoms with E-state index in [1.54, 1.807) is 18.2 Å².